The number of carboxylic acids is 1. The molecule has 0 radical (unpaired) electrons. The summed E-state index contributed by atoms with van der Waals surface area (Å²) >= 11 is 0. The van der Waals surface area contributed by atoms with Gasteiger partial charge in [-0.15, -0.1) is 0 Å². The van der Waals surface area contributed by atoms with Crippen molar-refractivity contribution in [1.29, 1.82) is 0 Å². The predicted octanol–water partition coefficient (Wildman–Crippen LogP) is 3.66. The lowest BCUT2D eigenvalue weighted by molar-refractivity contribution is -0.143. The van der Waals surface area contributed by atoms with Crippen LogP contribution < -0.4 is 5.32 Å². The van der Waals surface area contributed by atoms with E-state index in [1.165, 1.54) is 12.1 Å². The number of ether oxygens (including phenoxy) is 1. The second kappa shape index (κ2) is 9.21. The molecule has 0 bridgehead atoms. The summed E-state index contributed by atoms with van der Waals surface area (Å²) in [6.45, 7) is 7.19. The van der Waals surface area contributed by atoms with Crippen molar-refractivity contribution < 1.29 is 32.6 Å². The molecule has 0 spiro atoms. The fourth-order valence-electron chi connectivity index (χ4n) is 2.38. The maximum atomic E-state index is 12.8. The molecule has 27 heavy (non-hydrogen) atoms. The van der Waals surface area contributed by atoms with Crippen molar-refractivity contribution >= 4 is 11.9 Å². The maximum absolute atomic E-state index is 12.8. The number of benzene rings is 1. The molecule has 2 atom stereocenters. The van der Waals surface area contributed by atoms with E-state index in [1.807, 2.05) is 20.8 Å². The van der Waals surface area contributed by atoms with E-state index in [-0.39, 0.29) is 19.4 Å². The van der Waals surface area contributed by atoms with Crippen LogP contribution in [0, 0.1) is 5.92 Å². The number of amides is 1. The summed E-state index contributed by atoms with van der Waals surface area (Å²) in [5.74, 6) is -2.40. The van der Waals surface area contributed by atoms with Crippen LogP contribution in [0.5, 0.6) is 0 Å². The van der Waals surface area contributed by atoms with Gasteiger partial charge in [-0.1, -0.05) is 25.1 Å². The highest BCUT2D eigenvalue weighted by Crippen LogP contribution is 2.30. The molecule has 2 N–H and O–H groups in total. The highest BCUT2D eigenvalue weighted by Gasteiger charge is 2.30. The average molecular weight is 389 g/mol. The number of rotatable bonds is 8. The average Bonchev–Trinajstić information content (AvgIpc) is 2.51. The molecule has 152 valence electrons. The number of carbonyl (C=O) groups is 2. The number of nitrogens with one attached hydrogen (secondary N) is 1. The van der Waals surface area contributed by atoms with Gasteiger partial charge in [-0.2, -0.15) is 13.2 Å². The van der Waals surface area contributed by atoms with Gasteiger partial charge in [0.2, 0.25) is 5.91 Å². The van der Waals surface area contributed by atoms with Gasteiger partial charge in [0.1, 0.15) is 6.04 Å². The molecular weight excluding hydrogens is 363 g/mol. The number of hydrogen-bond acceptors (Lipinski definition) is 3. The van der Waals surface area contributed by atoms with Gasteiger partial charge in [-0.3, -0.25) is 4.79 Å². The van der Waals surface area contributed by atoms with Crippen molar-refractivity contribution in [2.24, 2.45) is 5.92 Å². The van der Waals surface area contributed by atoms with E-state index in [4.69, 9.17) is 4.74 Å². The van der Waals surface area contributed by atoms with Gasteiger partial charge < -0.3 is 15.2 Å². The largest absolute Gasteiger partial charge is 0.480 e. The fraction of sp³-hybridized carbons (Fsp3) is 0.579. The van der Waals surface area contributed by atoms with E-state index in [0.29, 0.717) is 5.56 Å². The molecule has 5 nitrogen and oxygen atoms in total. The molecule has 2 unspecified atom stereocenters. The molecule has 0 fully saturated rings. The number of alkyl halides is 3. The summed E-state index contributed by atoms with van der Waals surface area (Å²) in [5, 5.41) is 11.7. The molecule has 8 heteroatoms. The number of hydrogen-bond donors (Lipinski definition) is 2. The summed E-state index contributed by atoms with van der Waals surface area (Å²) in [7, 11) is 0. The third-order valence-electron chi connectivity index (χ3n) is 3.80. The minimum atomic E-state index is -4.46. The summed E-state index contributed by atoms with van der Waals surface area (Å²) in [6, 6.07) is 3.63. The SMILES string of the molecule is CC(Cc1cccc(C(F)(F)F)c1)C(=O)NC(CCOC(C)(C)C)C(=O)O. The van der Waals surface area contributed by atoms with Gasteiger partial charge in [0.25, 0.3) is 0 Å². The maximum Gasteiger partial charge on any atom is 0.416 e. The monoisotopic (exact) mass is 389 g/mol. The smallest absolute Gasteiger partial charge is 0.416 e. The highest BCUT2D eigenvalue weighted by molar-refractivity contribution is 5.84. The van der Waals surface area contributed by atoms with E-state index in [2.05, 4.69) is 5.32 Å². The lowest BCUT2D eigenvalue weighted by atomic mass is 9.98. The van der Waals surface area contributed by atoms with Crippen LogP contribution in [0.4, 0.5) is 13.2 Å². The molecule has 0 saturated heterocycles. The molecule has 0 saturated carbocycles. The Morgan fingerprint density at radius 3 is 2.37 bits per heavy atom. The van der Waals surface area contributed by atoms with E-state index >= 15 is 0 Å². The third-order valence-corrected chi connectivity index (χ3v) is 3.80. The molecule has 0 heterocycles. The first kappa shape index (κ1) is 23.0. The Kier molecular flexibility index (Phi) is 7.83. The van der Waals surface area contributed by atoms with E-state index in [9.17, 15) is 27.9 Å². The number of carbonyl (C=O) groups excluding carboxylic acids is 1. The summed E-state index contributed by atoms with van der Waals surface area (Å²) in [6.07, 6.45) is -4.29. The van der Waals surface area contributed by atoms with Crippen LogP contribution in [0.1, 0.15) is 45.2 Å². The van der Waals surface area contributed by atoms with Crippen LogP contribution in [0.2, 0.25) is 0 Å². The topological polar surface area (TPSA) is 75.6 Å². The zero-order valence-electron chi connectivity index (χ0n) is 15.9. The van der Waals surface area contributed by atoms with Crippen molar-refractivity contribution in [1.82, 2.24) is 5.32 Å². The molecule has 1 aromatic rings. The van der Waals surface area contributed by atoms with Crippen LogP contribution in [-0.2, 0) is 26.9 Å². The molecule has 1 amide bonds. The van der Waals surface area contributed by atoms with Gasteiger partial charge in [-0.25, -0.2) is 4.79 Å². The standard InChI is InChI=1S/C19H26F3NO4/c1-12(10-13-6-5-7-14(11-13)19(20,21)22)16(24)23-15(17(25)26)8-9-27-18(2,3)4/h5-7,11-12,15H,8-10H2,1-4H3,(H,23,24)(H,25,26). The minimum absolute atomic E-state index is 0.0700. The van der Waals surface area contributed by atoms with Crippen molar-refractivity contribution in [2.75, 3.05) is 6.61 Å². The molecule has 0 aliphatic carbocycles. The normalized spacial score (nSPS) is 14.5. The van der Waals surface area contributed by atoms with Crippen molar-refractivity contribution in [3.63, 3.8) is 0 Å². The number of aliphatic carboxylic acids is 1. The summed E-state index contributed by atoms with van der Waals surface area (Å²) < 4.78 is 43.8. The Balaban J connectivity index is 2.67. The number of halogens is 3. The Bertz CT molecular complexity index is 653. The van der Waals surface area contributed by atoms with Crippen LogP contribution in [0.25, 0.3) is 0 Å². The van der Waals surface area contributed by atoms with Crippen LogP contribution >= 0.6 is 0 Å². The molecule has 1 rings (SSSR count). The zero-order chi connectivity index (χ0) is 20.8. The first-order valence-electron chi connectivity index (χ1n) is 8.63. The Morgan fingerprint density at radius 1 is 1.22 bits per heavy atom. The lowest BCUT2D eigenvalue weighted by Gasteiger charge is -2.22. The predicted molar refractivity (Wildman–Crippen MR) is 94.2 cm³/mol. The van der Waals surface area contributed by atoms with Crippen LogP contribution in [0.3, 0.4) is 0 Å². The second-order valence-corrected chi connectivity index (χ2v) is 7.45. The molecule has 1 aromatic carbocycles. The van der Waals surface area contributed by atoms with Crippen molar-refractivity contribution in [3.05, 3.63) is 35.4 Å². The Morgan fingerprint density at radius 2 is 1.85 bits per heavy atom. The van der Waals surface area contributed by atoms with Gasteiger partial charge in [-0.05, 0) is 38.8 Å². The number of carboxylic acid groups (broad SMARTS) is 1. The summed E-state index contributed by atoms with van der Waals surface area (Å²) in [5.41, 5.74) is -0.852. The summed E-state index contributed by atoms with van der Waals surface area (Å²) in [4.78, 5) is 23.6. The van der Waals surface area contributed by atoms with Crippen molar-refractivity contribution in [2.45, 2.75) is 58.4 Å². The quantitative estimate of drug-likeness (QED) is 0.712. The van der Waals surface area contributed by atoms with E-state index < -0.39 is 41.2 Å². The van der Waals surface area contributed by atoms with Crippen molar-refractivity contribution in [3.8, 4) is 0 Å². The first-order chi connectivity index (χ1) is 12.3. The first-order valence-corrected chi connectivity index (χ1v) is 8.63. The lowest BCUT2D eigenvalue weighted by Crippen LogP contribution is -2.44. The van der Waals surface area contributed by atoms with Gasteiger partial charge in [0.15, 0.2) is 0 Å². The Labute approximate surface area is 156 Å². The van der Waals surface area contributed by atoms with E-state index in [0.717, 1.165) is 12.1 Å². The molecule has 0 aliphatic heterocycles. The molecular formula is C19H26F3NO4. The van der Waals surface area contributed by atoms with Crippen LogP contribution in [-0.4, -0.2) is 35.2 Å². The third kappa shape index (κ3) is 8.43. The Hall–Kier alpha value is -2.09. The molecule has 0 aliphatic rings. The van der Waals surface area contributed by atoms with Gasteiger partial charge >= 0.3 is 12.1 Å². The highest BCUT2D eigenvalue weighted by atomic mass is 19.4. The van der Waals surface area contributed by atoms with E-state index in [1.54, 1.807) is 6.92 Å². The van der Waals surface area contributed by atoms with Gasteiger partial charge in [0, 0.05) is 18.9 Å². The van der Waals surface area contributed by atoms with Crippen LogP contribution in [0.15, 0.2) is 24.3 Å². The molecule has 0 aromatic heterocycles. The fourth-order valence-corrected chi connectivity index (χ4v) is 2.38. The second-order valence-electron chi connectivity index (χ2n) is 7.45. The minimum Gasteiger partial charge on any atom is -0.480 e. The van der Waals surface area contributed by atoms with Gasteiger partial charge in [0.05, 0.1) is 11.2 Å². The zero-order valence-corrected chi connectivity index (χ0v) is 15.9.